The van der Waals surface area contributed by atoms with E-state index < -0.39 is 12.1 Å². The van der Waals surface area contributed by atoms with Crippen LogP contribution in [0.3, 0.4) is 0 Å². The molecule has 26 heavy (non-hydrogen) atoms. The molecule has 0 saturated carbocycles. The summed E-state index contributed by atoms with van der Waals surface area (Å²) in [5.74, 6) is -0.964. The lowest BCUT2D eigenvalue weighted by atomic mass is 10.0. The van der Waals surface area contributed by atoms with Gasteiger partial charge in [-0.15, -0.1) is 0 Å². The quantitative estimate of drug-likeness (QED) is 0.523. The maximum atomic E-state index is 11.2. The van der Waals surface area contributed by atoms with Crippen molar-refractivity contribution in [1.29, 1.82) is 0 Å². The summed E-state index contributed by atoms with van der Waals surface area (Å²) in [6, 6.07) is 14.9. The molecule has 0 fully saturated rings. The van der Waals surface area contributed by atoms with Crippen LogP contribution in [0.2, 0.25) is 5.02 Å². The average Bonchev–Trinajstić information content (AvgIpc) is 2.63. The molecular formula is C20H22ClNO4. The third-order valence-electron chi connectivity index (χ3n) is 3.76. The Balaban J connectivity index is 2.00. The van der Waals surface area contributed by atoms with Gasteiger partial charge in [0.1, 0.15) is 6.61 Å². The van der Waals surface area contributed by atoms with Crippen molar-refractivity contribution in [2.45, 2.75) is 33.0 Å². The van der Waals surface area contributed by atoms with Gasteiger partial charge in [0, 0.05) is 18.1 Å². The van der Waals surface area contributed by atoms with Crippen LogP contribution in [0.4, 0.5) is 0 Å². The molecule has 0 saturated heterocycles. The van der Waals surface area contributed by atoms with Gasteiger partial charge in [0.2, 0.25) is 0 Å². The number of benzene rings is 2. The number of ether oxygens (including phenoxy) is 1. The molecule has 0 amide bonds. The Kier molecular flexibility index (Phi) is 7.63. The number of carboxylic acid groups (broad SMARTS) is 1. The normalized spacial score (nSPS) is 12.7. The van der Waals surface area contributed by atoms with Crippen LogP contribution in [0, 0.1) is 0 Å². The molecule has 1 atom stereocenters. The summed E-state index contributed by atoms with van der Waals surface area (Å²) in [6.45, 7) is 4.33. The van der Waals surface area contributed by atoms with Gasteiger partial charge in [0.05, 0.1) is 5.71 Å². The number of hydrogen-bond acceptors (Lipinski definition) is 4. The van der Waals surface area contributed by atoms with Crippen LogP contribution < -0.4 is 0 Å². The predicted molar refractivity (Wildman–Crippen MR) is 102 cm³/mol. The third kappa shape index (κ3) is 6.17. The summed E-state index contributed by atoms with van der Waals surface area (Å²) in [5, 5.41) is 14.0. The Morgan fingerprint density at radius 1 is 1.19 bits per heavy atom. The fraction of sp³-hybridized carbons (Fsp3) is 0.300. The number of rotatable bonds is 9. The summed E-state index contributed by atoms with van der Waals surface area (Å²) in [7, 11) is 0. The molecule has 138 valence electrons. The Morgan fingerprint density at radius 3 is 2.58 bits per heavy atom. The summed E-state index contributed by atoms with van der Waals surface area (Å²) in [5.41, 5.74) is 3.43. The summed E-state index contributed by atoms with van der Waals surface area (Å²) < 4.78 is 5.27. The molecule has 5 nitrogen and oxygen atoms in total. The number of aliphatic carboxylic acids is 1. The molecule has 0 heterocycles. The number of carboxylic acids is 1. The number of oxime groups is 1. The van der Waals surface area contributed by atoms with Crippen LogP contribution in [0.15, 0.2) is 53.7 Å². The molecule has 2 rings (SSSR count). The molecule has 1 unspecified atom stereocenters. The minimum Gasteiger partial charge on any atom is -0.479 e. The van der Waals surface area contributed by atoms with Gasteiger partial charge >= 0.3 is 5.97 Å². The predicted octanol–water partition coefficient (Wildman–Crippen LogP) is 4.31. The van der Waals surface area contributed by atoms with Gasteiger partial charge in [-0.05, 0) is 48.7 Å². The molecule has 0 aliphatic carbocycles. The number of halogens is 1. The maximum Gasteiger partial charge on any atom is 0.333 e. The first-order valence-corrected chi connectivity index (χ1v) is 8.72. The largest absolute Gasteiger partial charge is 0.479 e. The van der Waals surface area contributed by atoms with Crippen LogP contribution in [0.1, 0.15) is 30.5 Å². The van der Waals surface area contributed by atoms with E-state index in [1.165, 1.54) is 0 Å². The highest BCUT2D eigenvalue weighted by atomic mass is 35.5. The lowest BCUT2D eigenvalue weighted by Gasteiger charge is -2.13. The van der Waals surface area contributed by atoms with E-state index in [0.29, 0.717) is 30.4 Å². The fourth-order valence-corrected chi connectivity index (χ4v) is 2.52. The van der Waals surface area contributed by atoms with Gasteiger partial charge in [0.15, 0.2) is 6.10 Å². The minimum absolute atomic E-state index is 0.302. The van der Waals surface area contributed by atoms with Crippen molar-refractivity contribution in [3.8, 4) is 0 Å². The van der Waals surface area contributed by atoms with E-state index in [1.54, 1.807) is 19.1 Å². The van der Waals surface area contributed by atoms with Crippen LogP contribution in [-0.4, -0.2) is 29.5 Å². The molecule has 0 radical (unpaired) electrons. The van der Waals surface area contributed by atoms with Crippen LogP contribution in [-0.2, 0) is 27.4 Å². The third-order valence-corrected chi connectivity index (χ3v) is 4.01. The molecule has 0 aliphatic rings. The van der Waals surface area contributed by atoms with Gasteiger partial charge < -0.3 is 14.7 Å². The molecule has 2 aromatic rings. The average molecular weight is 376 g/mol. The van der Waals surface area contributed by atoms with E-state index in [2.05, 4.69) is 5.16 Å². The van der Waals surface area contributed by atoms with E-state index in [4.69, 9.17) is 21.2 Å². The number of hydrogen-bond donors (Lipinski definition) is 1. The molecule has 0 spiro atoms. The maximum absolute atomic E-state index is 11.2. The minimum atomic E-state index is -0.964. The Labute approximate surface area is 158 Å². The number of nitrogens with zero attached hydrogens (tertiary/aromatic N) is 1. The van der Waals surface area contributed by atoms with Crippen molar-refractivity contribution in [2.24, 2.45) is 5.16 Å². The van der Waals surface area contributed by atoms with Crippen molar-refractivity contribution in [1.82, 2.24) is 0 Å². The summed E-state index contributed by atoms with van der Waals surface area (Å²) in [4.78, 5) is 16.6. The second-order valence-electron chi connectivity index (χ2n) is 5.76. The Bertz CT molecular complexity index is 759. The zero-order chi connectivity index (χ0) is 18.9. The van der Waals surface area contributed by atoms with E-state index in [-0.39, 0.29) is 0 Å². The SMILES string of the molecule is CCOC(Cc1cccc(/C(C)=N/OCc2ccc(Cl)cc2)c1)C(=O)O. The van der Waals surface area contributed by atoms with Crippen molar-refractivity contribution < 1.29 is 19.5 Å². The highest BCUT2D eigenvalue weighted by molar-refractivity contribution is 6.30. The van der Waals surface area contributed by atoms with Crippen LogP contribution in [0.25, 0.3) is 0 Å². The van der Waals surface area contributed by atoms with Crippen LogP contribution in [0.5, 0.6) is 0 Å². The van der Waals surface area contributed by atoms with Crippen molar-refractivity contribution in [2.75, 3.05) is 6.61 Å². The fourth-order valence-electron chi connectivity index (χ4n) is 2.39. The zero-order valence-electron chi connectivity index (χ0n) is 14.8. The lowest BCUT2D eigenvalue weighted by Crippen LogP contribution is -2.26. The molecule has 0 bridgehead atoms. The molecular weight excluding hydrogens is 354 g/mol. The Morgan fingerprint density at radius 2 is 1.92 bits per heavy atom. The smallest absolute Gasteiger partial charge is 0.333 e. The first-order chi connectivity index (χ1) is 12.5. The first kappa shape index (κ1) is 19.9. The first-order valence-electron chi connectivity index (χ1n) is 8.34. The van der Waals surface area contributed by atoms with E-state index in [9.17, 15) is 9.90 Å². The molecule has 2 aromatic carbocycles. The van der Waals surface area contributed by atoms with E-state index in [0.717, 1.165) is 16.7 Å². The second kappa shape index (κ2) is 9.94. The highest BCUT2D eigenvalue weighted by Gasteiger charge is 2.18. The zero-order valence-corrected chi connectivity index (χ0v) is 15.6. The van der Waals surface area contributed by atoms with Crippen molar-refractivity contribution in [3.05, 3.63) is 70.2 Å². The standard InChI is InChI=1S/C20H22ClNO4/c1-3-25-19(20(23)24)12-16-5-4-6-17(11-16)14(2)22-26-13-15-7-9-18(21)10-8-15/h4-11,19H,3,12-13H2,1-2H3,(H,23,24)/b22-14+. The van der Waals surface area contributed by atoms with Gasteiger partial charge in [0.25, 0.3) is 0 Å². The van der Waals surface area contributed by atoms with Gasteiger partial charge in [-0.3, -0.25) is 0 Å². The summed E-state index contributed by atoms with van der Waals surface area (Å²) in [6.07, 6.45) is -0.552. The topological polar surface area (TPSA) is 68.1 Å². The van der Waals surface area contributed by atoms with Gasteiger partial charge in [-0.2, -0.15) is 0 Å². The molecule has 0 aromatic heterocycles. The van der Waals surface area contributed by atoms with Crippen molar-refractivity contribution in [3.63, 3.8) is 0 Å². The lowest BCUT2D eigenvalue weighted by molar-refractivity contribution is -0.149. The molecule has 0 aliphatic heterocycles. The monoisotopic (exact) mass is 375 g/mol. The van der Waals surface area contributed by atoms with E-state index >= 15 is 0 Å². The van der Waals surface area contributed by atoms with Gasteiger partial charge in [-0.25, -0.2) is 4.79 Å². The molecule has 6 heteroatoms. The molecule has 1 N–H and O–H groups in total. The Hall–Kier alpha value is -2.37. The van der Waals surface area contributed by atoms with Gasteiger partial charge in [-0.1, -0.05) is 47.1 Å². The summed E-state index contributed by atoms with van der Waals surface area (Å²) >= 11 is 5.85. The van der Waals surface area contributed by atoms with E-state index in [1.807, 2.05) is 43.3 Å². The van der Waals surface area contributed by atoms with Crippen molar-refractivity contribution >= 4 is 23.3 Å². The van der Waals surface area contributed by atoms with Crippen LogP contribution >= 0.6 is 11.6 Å². The second-order valence-corrected chi connectivity index (χ2v) is 6.20. The highest BCUT2D eigenvalue weighted by Crippen LogP contribution is 2.13. The number of carbonyl (C=O) groups is 1.